The molecule has 2 rings (SSSR count). The van der Waals surface area contributed by atoms with E-state index in [4.69, 9.17) is 16.3 Å². The Balaban J connectivity index is 2.04. The largest absolute Gasteiger partial charge is 0.449 e. The Hall–Kier alpha value is -2.08. The number of anilines is 1. The highest BCUT2D eigenvalue weighted by Crippen LogP contribution is 2.24. The molecule has 6 nitrogen and oxygen atoms in total. The molecule has 0 aromatic carbocycles. The van der Waals surface area contributed by atoms with E-state index in [0.29, 0.717) is 23.1 Å². The molecule has 0 saturated heterocycles. The Labute approximate surface area is 121 Å². The standard InChI is InChI=1S/C13H15ClN4O2/c1-2-3-7-20-13(19)17-11-9-16-18(12(11)14)10-5-4-6-15-8-10/h4-6,8-9H,2-3,7H2,1H3,(H,17,19). The van der Waals surface area contributed by atoms with Crippen molar-refractivity contribution >= 4 is 23.4 Å². The predicted molar refractivity (Wildman–Crippen MR) is 76.2 cm³/mol. The van der Waals surface area contributed by atoms with Crippen LogP contribution < -0.4 is 5.32 Å². The second-order valence-corrected chi connectivity index (χ2v) is 4.44. The fraction of sp³-hybridized carbons (Fsp3) is 0.308. The van der Waals surface area contributed by atoms with Crippen LogP contribution in [0.5, 0.6) is 0 Å². The molecule has 0 spiro atoms. The minimum Gasteiger partial charge on any atom is -0.449 e. The van der Waals surface area contributed by atoms with E-state index < -0.39 is 6.09 Å². The molecule has 2 aromatic rings. The monoisotopic (exact) mass is 294 g/mol. The van der Waals surface area contributed by atoms with Gasteiger partial charge in [-0.05, 0) is 18.6 Å². The zero-order valence-corrected chi connectivity index (χ0v) is 11.8. The van der Waals surface area contributed by atoms with Gasteiger partial charge >= 0.3 is 6.09 Å². The van der Waals surface area contributed by atoms with E-state index >= 15 is 0 Å². The highest BCUT2D eigenvalue weighted by atomic mass is 35.5. The van der Waals surface area contributed by atoms with Crippen LogP contribution in [0.3, 0.4) is 0 Å². The van der Waals surface area contributed by atoms with Gasteiger partial charge in [0.05, 0.1) is 24.7 Å². The summed E-state index contributed by atoms with van der Waals surface area (Å²) in [6, 6.07) is 3.59. The van der Waals surface area contributed by atoms with Crippen molar-refractivity contribution < 1.29 is 9.53 Å². The topological polar surface area (TPSA) is 69.0 Å². The first kappa shape index (κ1) is 14.3. The number of nitrogens with zero attached hydrogens (tertiary/aromatic N) is 3. The lowest BCUT2D eigenvalue weighted by atomic mass is 10.4. The average Bonchev–Trinajstić information content (AvgIpc) is 2.81. The smallest absolute Gasteiger partial charge is 0.411 e. The van der Waals surface area contributed by atoms with Gasteiger partial charge in [-0.25, -0.2) is 9.48 Å². The maximum Gasteiger partial charge on any atom is 0.411 e. The van der Waals surface area contributed by atoms with Crippen molar-refractivity contribution in [2.45, 2.75) is 19.8 Å². The van der Waals surface area contributed by atoms with Crippen LogP contribution in [0.15, 0.2) is 30.7 Å². The molecule has 0 fully saturated rings. The van der Waals surface area contributed by atoms with Gasteiger partial charge in [0.2, 0.25) is 0 Å². The number of hydrogen-bond acceptors (Lipinski definition) is 4. The lowest BCUT2D eigenvalue weighted by Gasteiger charge is -2.06. The maximum atomic E-state index is 11.5. The SMILES string of the molecule is CCCCOC(=O)Nc1cnn(-c2cccnc2)c1Cl. The Morgan fingerprint density at radius 2 is 2.35 bits per heavy atom. The van der Waals surface area contributed by atoms with Crippen LogP contribution in [0.25, 0.3) is 5.69 Å². The average molecular weight is 295 g/mol. The third kappa shape index (κ3) is 3.48. The molecule has 0 saturated carbocycles. The van der Waals surface area contributed by atoms with Crippen molar-refractivity contribution in [1.82, 2.24) is 14.8 Å². The summed E-state index contributed by atoms with van der Waals surface area (Å²) in [7, 11) is 0. The molecular formula is C13H15ClN4O2. The number of amides is 1. The molecule has 0 aliphatic heterocycles. The molecule has 1 N–H and O–H groups in total. The van der Waals surface area contributed by atoms with Crippen molar-refractivity contribution in [3.63, 3.8) is 0 Å². The number of carbonyl (C=O) groups is 1. The number of nitrogens with one attached hydrogen (secondary N) is 1. The van der Waals surface area contributed by atoms with Crippen molar-refractivity contribution in [3.8, 4) is 5.69 Å². The summed E-state index contributed by atoms with van der Waals surface area (Å²) in [6.45, 7) is 2.41. The van der Waals surface area contributed by atoms with Gasteiger partial charge in [-0.1, -0.05) is 24.9 Å². The van der Waals surface area contributed by atoms with Crippen LogP contribution in [0.1, 0.15) is 19.8 Å². The molecule has 2 aromatic heterocycles. The number of carbonyl (C=O) groups excluding carboxylic acids is 1. The van der Waals surface area contributed by atoms with Crippen molar-refractivity contribution in [2.24, 2.45) is 0 Å². The Kier molecular flexibility index (Phi) is 4.95. The van der Waals surface area contributed by atoms with E-state index in [9.17, 15) is 4.79 Å². The van der Waals surface area contributed by atoms with Gasteiger partial charge in [0.25, 0.3) is 0 Å². The van der Waals surface area contributed by atoms with Crippen molar-refractivity contribution in [1.29, 1.82) is 0 Å². The maximum absolute atomic E-state index is 11.5. The van der Waals surface area contributed by atoms with E-state index in [2.05, 4.69) is 15.4 Å². The van der Waals surface area contributed by atoms with Crippen LogP contribution >= 0.6 is 11.6 Å². The first-order chi connectivity index (χ1) is 9.72. The summed E-state index contributed by atoms with van der Waals surface area (Å²) >= 11 is 6.17. The summed E-state index contributed by atoms with van der Waals surface area (Å²) in [5, 5.41) is 6.97. The second kappa shape index (κ2) is 6.91. The predicted octanol–water partition coefficient (Wildman–Crippen LogP) is 3.27. The van der Waals surface area contributed by atoms with E-state index in [1.165, 1.54) is 10.9 Å². The summed E-state index contributed by atoms with van der Waals surface area (Å²) in [6.07, 6.45) is 6.01. The van der Waals surface area contributed by atoms with Crippen LogP contribution in [-0.4, -0.2) is 27.5 Å². The molecule has 20 heavy (non-hydrogen) atoms. The lowest BCUT2D eigenvalue weighted by molar-refractivity contribution is 0.160. The van der Waals surface area contributed by atoms with Gasteiger partial charge in [-0.2, -0.15) is 5.10 Å². The highest BCUT2D eigenvalue weighted by Gasteiger charge is 2.13. The molecule has 0 bridgehead atoms. The van der Waals surface area contributed by atoms with Crippen molar-refractivity contribution in [3.05, 3.63) is 35.9 Å². The van der Waals surface area contributed by atoms with Crippen LogP contribution in [0.2, 0.25) is 5.15 Å². The molecule has 2 heterocycles. The van der Waals surface area contributed by atoms with Crippen molar-refractivity contribution in [2.75, 3.05) is 11.9 Å². The quantitative estimate of drug-likeness (QED) is 0.859. The van der Waals surface area contributed by atoms with Gasteiger partial charge in [0.1, 0.15) is 5.69 Å². The Morgan fingerprint density at radius 3 is 3.05 bits per heavy atom. The third-order valence-corrected chi connectivity index (χ3v) is 2.93. The zero-order valence-electron chi connectivity index (χ0n) is 11.0. The van der Waals surface area contributed by atoms with Crippen LogP contribution in [-0.2, 0) is 4.74 Å². The molecule has 0 radical (unpaired) electrons. The van der Waals surface area contributed by atoms with Gasteiger partial charge in [-0.3, -0.25) is 10.3 Å². The first-order valence-electron chi connectivity index (χ1n) is 6.30. The van der Waals surface area contributed by atoms with E-state index in [1.807, 2.05) is 13.0 Å². The van der Waals surface area contributed by atoms with E-state index in [1.54, 1.807) is 18.5 Å². The zero-order chi connectivity index (χ0) is 14.4. The number of aromatic nitrogens is 3. The summed E-state index contributed by atoms with van der Waals surface area (Å²) in [5.41, 5.74) is 1.11. The fourth-order valence-corrected chi connectivity index (χ4v) is 1.77. The van der Waals surface area contributed by atoms with E-state index in [-0.39, 0.29) is 0 Å². The summed E-state index contributed by atoms with van der Waals surface area (Å²) < 4.78 is 6.48. The molecule has 0 atom stereocenters. The Bertz CT molecular complexity index is 571. The summed E-state index contributed by atoms with van der Waals surface area (Å²) in [5.74, 6) is 0. The van der Waals surface area contributed by atoms with Crippen LogP contribution in [0.4, 0.5) is 10.5 Å². The van der Waals surface area contributed by atoms with Gasteiger partial charge in [0, 0.05) is 6.20 Å². The number of ether oxygens (including phenoxy) is 1. The normalized spacial score (nSPS) is 10.3. The van der Waals surface area contributed by atoms with Crippen LogP contribution in [0, 0.1) is 0 Å². The lowest BCUT2D eigenvalue weighted by Crippen LogP contribution is -2.14. The molecular weight excluding hydrogens is 280 g/mol. The highest BCUT2D eigenvalue weighted by molar-refractivity contribution is 6.32. The first-order valence-corrected chi connectivity index (χ1v) is 6.68. The number of rotatable bonds is 5. The van der Waals surface area contributed by atoms with E-state index in [0.717, 1.165) is 12.8 Å². The number of pyridine rings is 1. The minimum absolute atomic E-state index is 0.297. The molecule has 0 aliphatic rings. The summed E-state index contributed by atoms with van der Waals surface area (Å²) in [4.78, 5) is 15.5. The van der Waals surface area contributed by atoms with Gasteiger partial charge < -0.3 is 4.74 Å². The molecule has 7 heteroatoms. The number of hydrogen-bond donors (Lipinski definition) is 1. The number of unbranched alkanes of at least 4 members (excludes halogenated alkanes) is 1. The fourth-order valence-electron chi connectivity index (χ4n) is 1.53. The third-order valence-electron chi connectivity index (χ3n) is 2.57. The molecule has 106 valence electrons. The molecule has 0 unspecified atom stereocenters. The van der Waals surface area contributed by atoms with Gasteiger partial charge in [0.15, 0.2) is 5.15 Å². The Morgan fingerprint density at radius 1 is 1.50 bits per heavy atom. The second-order valence-electron chi connectivity index (χ2n) is 4.09. The number of halogens is 1. The minimum atomic E-state index is -0.536. The molecule has 1 amide bonds. The molecule has 0 aliphatic carbocycles. The van der Waals surface area contributed by atoms with Gasteiger partial charge in [-0.15, -0.1) is 0 Å².